The molecule has 0 unspecified atom stereocenters. The second kappa shape index (κ2) is 6.17. The Morgan fingerprint density at radius 2 is 1.62 bits per heavy atom. The second-order valence-corrected chi connectivity index (χ2v) is 6.48. The molecule has 0 atom stereocenters. The highest BCUT2D eigenvalue weighted by atomic mass is 16.5. The standard InChI is InChI=1S/C18H27NO2/c1-20-14-12-15-17(16(13-14)21-2)19-11-10-18(15)8-6-4-3-5-7-9-18/h12-13,19H,3-11H2,1-2H3. The lowest BCUT2D eigenvalue weighted by Gasteiger charge is -2.41. The number of hydrogen-bond donors (Lipinski definition) is 1. The summed E-state index contributed by atoms with van der Waals surface area (Å²) in [5.41, 5.74) is 2.94. The van der Waals surface area contributed by atoms with E-state index in [4.69, 9.17) is 9.47 Å². The number of fused-ring (bicyclic) bond motifs is 2. The number of ether oxygens (including phenoxy) is 2. The van der Waals surface area contributed by atoms with Gasteiger partial charge in [-0.1, -0.05) is 32.1 Å². The first-order valence-corrected chi connectivity index (χ1v) is 8.29. The number of benzene rings is 1. The van der Waals surface area contributed by atoms with Crippen molar-refractivity contribution in [3.63, 3.8) is 0 Å². The maximum atomic E-state index is 5.60. The van der Waals surface area contributed by atoms with Crippen LogP contribution in [-0.4, -0.2) is 20.8 Å². The van der Waals surface area contributed by atoms with E-state index >= 15 is 0 Å². The van der Waals surface area contributed by atoms with Gasteiger partial charge in [0.05, 0.1) is 19.9 Å². The van der Waals surface area contributed by atoms with Gasteiger partial charge in [-0.3, -0.25) is 0 Å². The molecule has 1 N–H and O–H groups in total. The Hall–Kier alpha value is -1.38. The van der Waals surface area contributed by atoms with Crippen molar-refractivity contribution in [2.45, 2.75) is 56.8 Å². The van der Waals surface area contributed by atoms with E-state index in [1.165, 1.54) is 62.6 Å². The highest BCUT2D eigenvalue weighted by Gasteiger charge is 2.38. The Morgan fingerprint density at radius 3 is 2.29 bits per heavy atom. The van der Waals surface area contributed by atoms with Gasteiger partial charge in [0.1, 0.15) is 11.5 Å². The zero-order valence-electron chi connectivity index (χ0n) is 13.3. The van der Waals surface area contributed by atoms with E-state index in [0.717, 1.165) is 18.0 Å². The largest absolute Gasteiger partial charge is 0.497 e. The van der Waals surface area contributed by atoms with Gasteiger partial charge in [0.25, 0.3) is 0 Å². The molecular weight excluding hydrogens is 262 g/mol. The van der Waals surface area contributed by atoms with E-state index in [9.17, 15) is 0 Å². The smallest absolute Gasteiger partial charge is 0.145 e. The van der Waals surface area contributed by atoms with Crippen molar-refractivity contribution in [3.05, 3.63) is 17.7 Å². The Labute approximate surface area is 128 Å². The van der Waals surface area contributed by atoms with E-state index in [1.54, 1.807) is 14.2 Å². The fraction of sp³-hybridized carbons (Fsp3) is 0.667. The summed E-state index contributed by atoms with van der Waals surface area (Å²) in [5.74, 6) is 1.83. The molecule has 3 heteroatoms. The Balaban J connectivity index is 2.06. The van der Waals surface area contributed by atoms with Crippen LogP contribution < -0.4 is 14.8 Å². The van der Waals surface area contributed by atoms with Gasteiger partial charge in [0.15, 0.2) is 0 Å². The van der Waals surface area contributed by atoms with Crippen LogP contribution >= 0.6 is 0 Å². The summed E-state index contributed by atoms with van der Waals surface area (Å²) in [6, 6.07) is 4.24. The fourth-order valence-corrected chi connectivity index (χ4v) is 4.13. The minimum absolute atomic E-state index is 0.322. The van der Waals surface area contributed by atoms with Gasteiger partial charge in [-0.2, -0.15) is 0 Å². The van der Waals surface area contributed by atoms with Gasteiger partial charge in [0.2, 0.25) is 0 Å². The maximum Gasteiger partial charge on any atom is 0.145 e. The van der Waals surface area contributed by atoms with Crippen molar-refractivity contribution in [2.24, 2.45) is 0 Å². The molecule has 1 aromatic rings. The Morgan fingerprint density at radius 1 is 0.905 bits per heavy atom. The SMILES string of the molecule is COc1cc(OC)c2c(c1)C1(CCCCCCC1)CCN2. The van der Waals surface area contributed by atoms with E-state index in [1.807, 2.05) is 6.07 Å². The number of methoxy groups -OCH3 is 2. The van der Waals surface area contributed by atoms with Crippen molar-refractivity contribution in [1.82, 2.24) is 0 Å². The summed E-state index contributed by atoms with van der Waals surface area (Å²) >= 11 is 0. The lowest BCUT2D eigenvalue weighted by atomic mass is 9.67. The average molecular weight is 289 g/mol. The van der Waals surface area contributed by atoms with Crippen molar-refractivity contribution in [1.29, 1.82) is 0 Å². The molecule has 1 spiro atoms. The molecule has 0 bridgehead atoms. The van der Waals surface area contributed by atoms with Crippen LogP contribution in [0.5, 0.6) is 11.5 Å². The molecule has 3 nitrogen and oxygen atoms in total. The molecule has 0 aromatic heterocycles. The minimum Gasteiger partial charge on any atom is -0.497 e. The first-order chi connectivity index (χ1) is 10.3. The molecule has 3 rings (SSSR count). The molecule has 1 aliphatic carbocycles. The van der Waals surface area contributed by atoms with Crippen LogP contribution in [0.3, 0.4) is 0 Å². The first-order valence-electron chi connectivity index (χ1n) is 8.29. The molecule has 1 heterocycles. The van der Waals surface area contributed by atoms with Gasteiger partial charge in [-0.05, 0) is 36.3 Å². The molecule has 1 aromatic carbocycles. The molecule has 1 aliphatic heterocycles. The zero-order valence-corrected chi connectivity index (χ0v) is 13.3. The molecule has 116 valence electrons. The summed E-state index contributed by atoms with van der Waals surface area (Å²) < 4.78 is 11.1. The van der Waals surface area contributed by atoms with E-state index in [-0.39, 0.29) is 0 Å². The van der Waals surface area contributed by atoms with Crippen LogP contribution in [0.4, 0.5) is 5.69 Å². The van der Waals surface area contributed by atoms with E-state index in [0.29, 0.717) is 5.41 Å². The Bertz CT molecular complexity index is 490. The van der Waals surface area contributed by atoms with E-state index in [2.05, 4.69) is 11.4 Å². The number of anilines is 1. The van der Waals surface area contributed by atoms with Gasteiger partial charge >= 0.3 is 0 Å². The topological polar surface area (TPSA) is 30.5 Å². The second-order valence-electron chi connectivity index (χ2n) is 6.48. The molecule has 2 aliphatic rings. The third-order valence-corrected chi connectivity index (χ3v) is 5.32. The van der Waals surface area contributed by atoms with Crippen LogP contribution in [0.25, 0.3) is 0 Å². The minimum atomic E-state index is 0.322. The van der Waals surface area contributed by atoms with Crippen molar-refractivity contribution in [3.8, 4) is 11.5 Å². The summed E-state index contributed by atoms with van der Waals surface area (Å²) in [4.78, 5) is 0. The highest BCUT2D eigenvalue weighted by molar-refractivity contribution is 5.68. The monoisotopic (exact) mass is 289 g/mol. The third kappa shape index (κ3) is 2.70. The summed E-state index contributed by atoms with van der Waals surface area (Å²) in [6.07, 6.45) is 10.7. The first kappa shape index (κ1) is 14.6. The fourth-order valence-electron chi connectivity index (χ4n) is 4.13. The Kier molecular flexibility index (Phi) is 4.27. The molecule has 1 saturated carbocycles. The molecular formula is C18H27NO2. The third-order valence-electron chi connectivity index (χ3n) is 5.32. The summed E-state index contributed by atoms with van der Waals surface area (Å²) in [5, 5.41) is 3.56. The molecule has 1 fully saturated rings. The van der Waals surface area contributed by atoms with Crippen molar-refractivity contribution in [2.75, 3.05) is 26.1 Å². The van der Waals surface area contributed by atoms with Crippen LogP contribution in [0, 0.1) is 0 Å². The number of hydrogen-bond acceptors (Lipinski definition) is 3. The van der Waals surface area contributed by atoms with Gasteiger partial charge < -0.3 is 14.8 Å². The normalized spacial score (nSPS) is 20.9. The highest BCUT2D eigenvalue weighted by Crippen LogP contribution is 2.50. The lowest BCUT2D eigenvalue weighted by molar-refractivity contribution is 0.291. The predicted octanol–water partition coefficient (Wildman–Crippen LogP) is 4.50. The maximum absolute atomic E-state index is 5.60. The molecule has 0 radical (unpaired) electrons. The zero-order chi connectivity index (χ0) is 14.7. The average Bonchev–Trinajstić information content (AvgIpc) is 2.50. The van der Waals surface area contributed by atoms with Crippen molar-refractivity contribution >= 4 is 5.69 Å². The number of rotatable bonds is 2. The summed E-state index contributed by atoms with van der Waals surface area (Å²) in [6.45, 7) is 1.05. The van der Waals surface area contributed by atoms with Gasteiger partial charge in [-0.25, -0.2) is 0 Å². The van der Waals surface area contributed by atoms with Crippen LogP contribution in [0.1, 0.15) is 56.9 Å². The molecule has 0 saturated heterocycles. The van der Waals surface area contributed by atoms with Crippen LogP contribution in [0.15, 0.2) is 12.1 Å². The van der Waals surface area contributed by atoms with E-state index < -0.39 is 0 Å². The quantitative estimate of drug-likeness (QED) is 0.869. The van der Waals surface area contributed by atoms with Gasteiger partial charge in [0, 0.05) is 12.6 Å². The molecule has 21 heavy (non-hydrogen) atoms. The molecule has 0 amide bonds. The van der Waals surface area contributed by atoms with Crippen LogP contribution in [-0.2, 0) is 5.41 Å². The lowest BCUT2D eigenvalue weighted by Crippen LogP contribution is -2.35. The summed E-state index contributed by atoms with van der Waals surface area (Å²) in [7, 11) is 3.48. The van der Waals surface area contributed by atoms with Crippen molar-refractivity contribution < 1.29 is 9.47 Å². The number of nitrogens with one attached hydrogen (secondary N) is 1. The van der Waals surface area contributed by atoms with Gasteiger partial charge in [-0.15, -0.1) is 0 Å². The van der Waals surface area contributed by atoms with Crippen LogP contribution in [0.2, 0.25) is 0 Å². The predicted molar refractivity (Wildman–Crippen MR) is 86.6 cm³/mol.